The van der Waals surface area contributed by atoms with Gasteiger partial charge in [-0.15, -0.1) is 0 Å². The van der Waals surface area contributed by atoms with Crippen molar-refractivity contribution in [1.29, 1.82) is 5.26 Å². The molecule has 35 heavy (non-hydrogen) atoms. The summed E-state index contributed by atoms with van der Waals surface area (Å²) in [6.45, 7) is 0.775. The number of aromatic amines is 1. The molecule has 0 aliphatic carbocycles. The van der Waals surface area contributed by atoms with Crippen LogP contribution in [0.4, 0.5) is 22.0 Å². The molecule has 1 aliphatic rings. The number of nitrogens with one attached hydrogen (secondary N) is 1. The third kappa shape index (κ3) is 3.71. The summed E-state index contributed by atoms with van der Waals surface area (Å²) in [6, 6.07) is 5.99. The van der Waals surface area contributed by atoms with Crippen molar-refractivity contribution in [2.45, 2.75) is 36.8 Å². The highest BCUT2D eigenvalue weighted by atomic mass is 19.4. The lowest BCUT2D eigenvalue weighted by atomic mass is 9.82. The van der Waals surface area contributed by atoms with E-state index < -0.39 is 52.7 Å². The predicted octanol–water partition coefficient (Wildman–Crippen LogP) is 4.27. The minimum Gasteiger partial charge on any atom is -0.493 e. The summed E-state index contributed by atoms with van der Waals surface area (Å²) in [7, 11) is 2.08. The van der Waals surface area contributed by atoms with Gasteiger partial charge in [-0.05, 0) is 19.1 Å². The molecule has 1 N–H and O–H groups in total. The molecule has 1 aromatic carbocycles. The van der Waals surface area contributed by atoms with E-state index in [1.807, 2.05) is 0 Å². The lowest BCUT2D eigenvalue weighted by Gasteiger charge is -2.33. The van der Waals surface area contributed by atoms with Crippen molar-refractivity contribution >= 4 is 10.9 Å². The van der Waals surface area contributed by atoms with Crippen LogP contribution in [-0.2, 0) is 9.47 Å². The Morgan fingerprint density at radius 1 is 1.23 bits per heavy atom. The van der Waals surface area contributed by atoms with E-state index in [4.69, 9.17) is 14.2 Å². The molecule has 0 unspecified atom stereocenters. The molecule has 184 valence electrons. The number of halogens is 5. The van der Waals surface area contributed by atoms with Gasteiger partial charge in [-0.2, -0.15) is 22.8 Å². The van der Waals surface area contributed by atoms with Crippen LogP contribution in [-0.4, -0.2) is 42.1 Å². The first-order chi connectivity index (χ1) is 16.5. The highest BCUT2D eigenvalue weighted by Crippen LogP contribution is 2.57. The van der Waals surface area contributed by atoms with E-state index in [0.29, 0.717) is 0 Å². The lowest BCUT2D eigenvalue weighted by Crippen LogP contribution is -2.51. The zero-order valence-corrected chi connectivity index (χ0v) is 18.5. The number of hydrogen-bond acceptors (Lipinski definition) is 6. The second-order valence-electron chi connectivity index (χ2n) is 8.09. The van der Waals surface area contributed by atoms with Crippen LogP contribution in [0.1, 0.15) is 35.9 Å². The van der Waals surface area contributed by atoms with Crippen LogP contribution in [0.2, 0.25) is 0 Å². The van der Waals surface area contributed by atoms with Crippen LogP contribution in [0.15, 0.2) is 35.3 Å². The van der Waals surface area contributed by atoms with Gasteiger partial charge < -0.3 is 19.2 Å². The van der Waals surface area contributed by atoms with Gasteiger partial charge in [-0.3, -0.25) is 4.79 Å². The summed E-state index contributed by atoms with van der Waals surface area (Å²) >= 11 is 0. The molecule has 0 amide bonds. The van der Waals surface area contributed by atoms with Crippen molar-refractivity contribution in [3.8, 4) is 11.8 Å². The first-order valence-corrected chi connectivity index (χ1v) is 10.2. The average molecular weight is 495 g/mol. The molecule has 4 atom stereocenters. The monoisotopic (exact) mass is 495 g/mol. The van der Waals surface area contributed by atoms with Crippen molar-refractivity contribution < 1.29 is 36.2 Å². The Labute approximate surface area is 195 Å². The third-order valence-electron chi connectivity index (χ3n) is 6.20. The number of hydrogen-bond donors (Lipinski definition) is 1. The summed E-state index contributed by atoms with van der Waals surface area (Å²) in [5, 5.41) is 9.20. The number of pyridine rings is 2. The zero-order valence-electron chi connectivity index (χ0n) is 18.5. The summed E-state index contributed by atoms with van der Waals surface area (Å²) in [4.78, 5) is 19.5. The largest absolute Gasteiger partial charge is 0.493 e. The van der Waals surface area contributed by atoms with E-state index in [1.165, 1.54) is 12.3 Å². The summed E-state index contributed by atoms with van der Waals surface area (Å²) in [5.41, 5.74) is -3.86. The smallest absolute Gasteiger partial charge is 0.419 e. The summed E-state index contributed by atoms with van der Waals surface area (Å²) in [5.74, 6) is -4.65. The van der Waals surface area contributed by atoms with Crippen molar-refractivity contribution in [1.82, 2.24) is 9.97 Å². The van der Waals surface area contributed by atoms with E-state index in [2.05, 4.69) is 9.97 Å². The van der Waals surface area contributed by atoms with Gasteiger partial charge in [-0.1, -0.05) is 6.07 Å². The molecule has 1 fully saturated rings. The number of ether oxygens (including phenoxy) is 3. The molecular formula is C23H18F5N3O4. The highest BCUT2D eigenvalue weighted by Gasteiger charge is 2.67. The average Bonchev–Trinajstić information content (AvgIpc) is 3.13. The Hall–Kier alpha value is -3.56. The number of methoxy groups -OCH3 is 2. The van der Waals surface area contributed by atoms with Gasteiger partial charge in [0.15, 0.2) is 28.3 Å². The number of benzene rings is 1. The Balaban J connectivity index is 2.00. The summed E-state index contributed by atoms with van der Waals surface area (Å²) in [6.07, 6.45) is -6.95. The van der Waals surface area contributed by atoms with Gasteiger partial charge in [0.1, 0.15) is 18.3 Å². The molecule has 2 aromatic heterocycles. The summed E-state index contributed by atoms with van der Waals surface area (Å²) < 4.78 is 86.9. The first kappa shape index (κ1) is 24.6. The fraction of sp³-hybridized carbons (Fsp3) is 0.348. The van der Waals surface area contributed by atoms with Gasteiger partial charge >= 0.3 is 6.18 Å². The van der Waals surface area contributed by atoms with E-state index in [0.717, 1.165) is 39.3 Å². The topological polar surface area (TPSA) is 97.2 Å². The van der Waals surface area contributed by atoms with Crippen molar-refractivity contribution in [3.05, 3.63) is 69.3 Å². The van der Waals surface area contributed by atoms with Gasteiger partial charge in [0.25, 0.3) is 0 Å². The fourth-order valence-corrected chi connectivity index (χ4v) is 4.56. The number of nitriles is 1. The number of alkyl halides is 3. The minimum absolute atomic E-state index is 0.0550. The standard InChI is InChI=1S/C23H18F5N3O4/c1-22(23(26,27)28)21(34-3)16(10-4-5-11(24)18(25)19(10)33-2)20(35-22)13-8-15(32)17-12(31-13)6-7-30-14(17)9-29/h4-8,16,20-21H,1-3H3,(H,31,32)/t16-,20-,21-,22+/m0/s1. The first-order valence-electron chi connectivity index (χ1n) is 10.2. The van der Waals surface area contributed by atoms with Gasteiger partial charge in [0, 0.05) is 36.5 Å². The minimum atomic E-state index is -4.94. The Bertz CT molecular complexity index is 1400. The van der Waals surface area contributed by atoms with Crippen molar-refractivity contribution in [2.24, 2.45) is 0 Å². The maximum atomic E-state index is 14.6. The number of fused-ring (bicyclic) bond motifs is 1. The normalized spacial score (nSPS) is 24.5. The Kier molecular flexibility index (Phi) is 6.02. The Morgan fingerprint density at radius 2 is 1.94 bits per heavy atom. The molecule has 3 aromatic rings. The number of H-pyrrole nitrogens is 1. The molecule has 1 saturated heterocycles. The van der Waals surface area contributed by atoms with Gasteiger partial charge in [-0.25, -0.2) is 9.37 Å². The van der Waals surface area contributed by atoms with Crippen LogP contribution in [0.3, 0.4) is 0 Å². The van der Waals surface area contributed by atoms with Crippen LogP contribution < -0.4 is 10.2 Å². The molecule has 0 bridgehead atoms. The zero-order chi connectivity index (χ0) is 25.7. The molecule has 7 nitrogen and oxygen atoms in total. The molecule has 3 heterocycles. The Morgan fingerprint density at radius 3 is 2.54 bits per heavy atom. The van der Waals surface area contributed by atoms with Crippen LogP contribution >= 0.6 is 0 Å². The third-order valence-corrected chi connectivity index (χ3v) is 6.20. The van der Waals surface area contributed by atoms with Crippen molar-refractivity contribution in [2.75, 3.05) is 14.2 Å². The van der Waals surface area contributed by atoms with Crippen LogP contribution in [0, 0.1) is 23.0 Å². The second kappa shape index (κ2) is 8.58. The number of rotatable bonds is 4. The number of nitrogens with zero attached hydrogens (tertiary/aromatic N) is 2. The van der Waals surface area contributed by atoms with Crippen LogP contribution in [0.5, 0.6) is 5.75 Å². The molecule has 0 spiro atoms. The van der Waals surface area contributed by atoms with Crippen molar-refractivity contribution in [3.63, 3.8) is 0 Å². The van der Waals surface area contributed by atoms with Crippen LogP contribution in [0.25, 0.3) is 10.9 Å². The van der Waals surface area contributed by atoms with Gasteiger partial charge in [0.05, 0.1) is 18.0 Å². The highest BCUT2D eigenvalue weighted by molar-refractivity contribution is 5.82. The fourth-order valence-electron chi connectivity index (χ4n) is 4.56. The van der Waals surface area contributed by atoms with E-state index in [9.17, 15) is 32.0 Å². The maximum Gasteiger partial charge on any atom is 0.419 e. The van der Waals surface area contributed by atoms with E-state index in [-0.39, 0.29) is 27.9 Å². The second-order valence-corrected chi connectivity index (χ2v) is 8.09. The lowest BCUT2D eigenvalue weighted by molar-refractivity contribution is -0.286. The molecule has 4 rings (SSSR count). The van der Waals surface area contributed by atoms with E-state index in [1.54, 1.807) is 6.07 Å². The van der Waals surface area contributed by atoms with E-state index >= 15 is 0 Å². The quantitative estimate of drug-likeness (QED) is 0.543. The molecular weight excluding hydrogens is 477 g/mol. The molecule has 12 heteroatoms. The number of aromatic nitrogens is 2. The maximum absolute atomic E-state index is 14.6. The predicted molar refractivity (Wildman–Crippen MR) is 112 cm³/mol. The molecule has 0 radical (unpaired) electrons. The van der Waals surface area contributed by atoms with Gasteiger partial charge in [0.2, 0.25) is 5.82 Å². The molecule has 0 saturated carbocycles. The molecule has 1 aliphatic heterocycles. The SMILES string of the molecule is COc1c([C@H]2[C@H](c3cc(=O)c4c(C#N)nccc4[nH]3)O[C@@](C)(C(F)(F)F)[C@H]2OC)ccc(F)c1F.